The number of esters is 2. The van der Waals surface area contributed by atoms with Crippen molar-refractivity contribution < 1.29 is 38.2 Å². The predicted octanol–water partition coefficient (Wildman–Crippen LogP) is 11.1. The number of ether oxygens (including phenoxy) is 3. The first kappa shape index (κ1) is 51.7. The minimum atomic E-state index is -0.902. The largest absolute Gasteiger partial charge is 0.477 e. The van der Waals surface area contributed by atoms with Crippen LogP contribution >= 0.6 is 0 Å². The van der Waals surface area contributed by atoms with Crippen LogP contribution < -0.4 is 0 Å². The number of nitrogens with zero attached hydrogens (tertiary/aromatic N) is 1. The summed E-state index contributed by atoms with van der Waals surface area (Å²) >= 11 is 0. The summed E-state index contributed by atoms with van der Waals surface area (Å²) in [7, 11) is 5.46. The summed E-state index contributed by atoms with van der Waals surface area (Å²) in [6, 6.07) is -0.645. The van der Waals surface area contributed by atoms with Gasteiger partial charge in [-0.3, -0.25) is 9.59 Å². The topological polar surface area (TPSA) is 99.1 Å². The first-order valence-electron chi connectivity index (χ1n) is 20.6. The molecule has 0 saturated carbocycles. The van der Waals surface area contributed by atoms with Crippen LogP contribution in [0.5, 0.6) is 0 Å². The number of carboxylic acid groups (broad SMARTS) is 1. The van der Waals surface area contributed by atoms with E-state index in [0.29, 0.717) is 12.8 Å². The highest BCUT2D eigenvalue weighted by Crippen LogP contribution is 2.10. The summed E-state index contributed by atoms with van der Waals surface area (Å²) in [5.41, 5.74) is 0. The van der Waals surface area contributed by atoms with E-state index in [2.05, 4.69) is 111 Å². The second kappa shape index (κ2) is 37.6. The van der Waals surface area contributed by atoms with Gasteiger partial charge in [-0.2, -0.15) is 0 Å². The summed E-state index contributed by atoms with van der Waals surface area (Å²) in [6.07, 6.45) is 52.8. The Morgan fingerprint density at radius 1 is 0.518 bits per heavy atom. The van der Waals surface area contributed by atoms with Gasteiger partial charge in [0.1, 0.15) is 6.61 Å². The van der Waals surface area contributed by atoms with Crippen molar-refractivity contribution in [3.8, 4) is 0 Å². The van der Waals surface area contributed by atoms with Crippen LogP contribution in [0.15, 0.2) is 122 Å². The second-order valence-electron chi connectivity index (χ2n) is 14.1. The summed E-state index contributed by atoms with van der Waals surface area (Å²) in [4.78, 5) is 36.8. The zero-order valence-electron chi connectivity index (χ0n) is 35.3. The highest BCUT2D eigenvalue weighted by molar-refractivity contribution is 5.72. The Morgan fingerprint density at radius 3 is 1.23 bits per heavy atom. The van der Waals surface area contributed by atoms with Gasteiger partial charge in [0.2, 0.25) is 0 Å². The summed E-state index contributed by atoms with van der Waals surface area (Å²) in [6.45, 7) is 4.30. The van der Waals surface area contributed by atoms with Gasteiger partial charge >= 0.3 is 17.9 Å². The fourth-order valence-corrected chi connectivity index (χ4v) is 5.01. The lowest BCUT2D eigenvalue weighted by Crippen LogP contribution is -2.50. The third-order valence-corrected chi connectivity index (χ3v) is 8.13. The number of hydrogen-bond donors (Lipinski definition) is 1. The molecule has 0 aromatic rings. The van der Waals surface area contributed by atoms with Crippen LogP contribution in [0, 0.1) is 0 Å². The zero-order valence-corrected chi connectivity index (χ0v) is 35.3. The first-order chi connectivity index (χ1) is 27.1. The van der Waals surface area contributed by atoms with E-state index < -0.39 is 24.1 Å². The van der Waals surface area contributed by atoms with Gasteiger partial charge < -0.3 is 23.8 Å². The molecule has 0 aliphatic heterocycles. The van der Waals surface area contributed by atoms with Crippen molar-refractivity contribution in [2.75, 3.05) is 41.0 Å². The molecule has 0 amide bonds. The molecule has 0 saturated heterocycles. The van der Waals surface area contributed by atoms with Crippen molar-refractivity contribution in [2.45, 2.75) is 122 Å². The number of aliphatic carboxylic acids is 1. The number of likely N-dealkylation sites (N-methyl/N-ethyl adjacent to an activating group) is 1. The van der Waals surface area contributed by atoms with Gasteiger partial charge in [0.25, 0.3) is 0 Å². The Labute approximate surface area is 340 Å². The summed E-state index contributed by atoms with van der Waals surface area (Å²) in [5.74, 6) is -1.70. The van der Waals surface area contributed by atoms with Crippen LogP contribution in [0.25, 0.3) is 0 Å². The molecule has 8 heteroatoms. The number of allylic oxidation sites excluding steroid dienone is 20. The van der Waals surface area contributed by atoms with E-state index in [1.54, 1.807) is 0 Å². The van der Waals surface area contributed by atoms with Crippen LogP contribution in [-0.4, -0.2) is 80.6 Å². The maximum Gasteiger partial charge on any atom is 0.362 e. The number of carbonyl (C=O) groups is 3. The normalized spacial score (nSPS) is 14.2. The van der Waals surface area contributed by atoms with Gasteiger partial charge in [-0.05, 0) is 77.0 Å². The van der Waals surface area contributed by atoms with Crippen LogP contribution in [0.1, 0.15) is 110 Å². The van der Waals surface area contributed by atoms with Crippen molar-refractivity contribution in [3.05, 3.63) is 122 Å². The minimum absolute atomic E-state index is 0.000715. The molecule has 2 unspecified atom stereocenters. The van der Waals surface area contributed by atoms with E-state index in [1.165, 1.54) is 0 Å². The molecule has 0 aromatic heterocycles. The van der Waals surface area contributed by atoms with Gasteiger partial charge in [0.15, 0.2) is 12.1 Å². The molecule has 0 heterocycles. The van der Waals surface area contributed by atoms with Crippen molar-refractivity contribution in [3.63, 3.8) is 0 Å². The molecule has 8 nitrogen and oxygen atoms in total. The molecule has 1 N–H and O–H groups in total. The fraction of sp³-hybridized carbons (Fsp3) is 0.521. The van der Waals surface area contributed by atoms with Crippen LogP contribution in [0.2, 0.25) is 0 Å². The number of carbonyl (C=O) groups excluding carboxylic acids is 2. The third kappa shape index (κ3) is 35.4. The molecule has 2 atom stereocenters. The average Bonchev–Trinajstić information content (AvgIpc) is 3.15. The van der Waals surface area contributed by atoms with Crippen molar-refractivity contribution in [1.29, 1.82) is 0 Å². The maximum absolute atomic E-state index is 12.7. The summed E-state index contributed by atoms with van der Waals surface area (Å²) in [5, 5.41) is 9.60. The molecule has 0 aliphatic carbocycles. The molecule has 0 aromatic carbocycles. The molecule has 0 rings (SSSR count). The van der Waals surface area contributed by atoms with Gasteiger partial charge in [-0.1, -0.05) is 135 Å². The summed E-state index contributed by atoms with van der Waals surface area (Å²) < 4.78 is 17.0. The number of quaternary nitrogens is 1. The molecule has 0 bridgehead atoms. The Balaban J connectivity index is 4.64. The van der Waals surface area contributed by atoms with Crippen molar-refractivity contribution in [1.82, 2.24) is 0 Å². The molecule has 0 spiro atoms. The third-order valence-electron chi connectivity index (χ3n) is 8.13. The Morgan fingerprint density at radius 2 is 0.875 bits per heavy atom. The standard InChI is InChI=1S/C48H73NO7/c1-6-8-10-12-14-16-18-20-21-22-23-24-25-27-29-31-33-35-37-39-47(51)56-44(42-54-41-40-45(48(52)53)49(3,4)5)43-55-46(50)38-36-34-32-30-28-26-19-17-15-13-11-9-7-2/h8-11,14-17,20-21,23-24,26-29,32-35,44-45H,6-7,12-13,18-19,22,25,30-31,36-43H2,1-5H3/p+1/b10-8-,11-9-,16-14-,17-15-,21-20-,24-23-,28-26-,29-27-,34-32-,35-33-. The smallest absolute Gasteiger partial charge is 0.362 e. The molecular weight excluding hydrogens is 703 g/mol. The monoisotopic (exact) mass is 777 g/mol. The minimum Gasteiger partial charge on any atom is -0.477 e. The highest BCUT2D eigenvalue weighted by atomic mass is 16.6. The second-order valence-corrected chi connectivity index (χ2v) is 14.1. The Hall–Kier alpha value is -4.27. The zero-order chi connectivity index (χ0) is 41.4. The molecule has 0 aliphatic rings. The first-order valence-corrected chi connectivity index (χ1v) is 20.6. The fourth-order valence-electron chi connectivity index (χ4n) is 5.01. The number of hydrogen-bond acceptors (Lipinski definition) is 6. The SMILES string of the molecule is CC/C=C\C/C=C\C/C=C\C/C=C\C/C=C\C/C=C\CCC(=O)OC(COCCC(C(=O)O)[N+](C)(C)C)COC(=O)CC/C=C\C/C=C\C/C=C\C/C=C\CC. The average molecular weight is 777 g/mol. The van der Waals surface area contributed by atoms with Crippen LogP contribution in [0.4, 0.5) is 0 Å². The Bertz CT molecular complexity index is 1320. The van der Waals surface area contributed by atoms with E-state index in [4.69, 9.17) is 14.2 Å². The van der Waals surface area contributed by atoms with Crippen LogP contribution in [0.3, 0.4) is 0 Å². The van der Waals surface area contributed by atoms with E-state index in [9.17, 15) is 19.5 Å². The van der Waals surface area contributed by atoms with Gasteiger partial charge in [0, 0.05) is 19.3 Å². The van der Waals surface area contributed by atoms with E-state index in [1.807, 2.05) is 45.4 Å². The van der Waals surface area contributed by atoms with Crippen molar-refractivity contribution in [2.24, 2.45) is 0 Å². The molecule has 0 fully saturated rings. The van der Waals surface area contributed by atoms with Crippen molar-refractivity contribution >= 4 is 17.9 Å². The van der Waals surface area contributed by atoms with E-state index in [0.717, 1.165) is 64.2 Å². The lowest BCUT2D eigenvalue weighted by molar-refractivity contribution is -0.887. The molecule has 312 valence electrons. The van der Waals surface area contributed by atoms with Crippen LogP contribution in [-0.2, 0) is 28.6 Å². The Kier molecular flexibility index (Phi) is 34.8. The van der Waals surface area contributed by atoms with Gasteiger partial charge in [-0.25, -0.2) is 4.79 Å². The van der Waals surface area contributed by atoms with Gasteiger partial charge in [0.05, 0.1) is 34.4 Å². The lowest BCUT2D eigenvalue weighted by atomic mass is 10.1. The van der Waals surface area contributed by atoms with Gasteiger partial charge in [-0.15, -0.1) is 0 Å². The lowest BCUT2D eigenvalue weighted by Gasteiger charge is -2.31. The molecule has 56 heavy (non-hydrogen) atoms. The number of carboxylic acids is 1. The number of rotatable bonds is 34. The maximum atomic E-state index is 12.7. The van der Waals surface area contributed by atoms with E-state index in [-0.39, 0.29) is 49.5 Å². The molecular formula is C48H74NO7+. The highest BCUT2D eigenvalue weighted by Gasteiger charge is 2.31. The molecule has 0 radical (unpaired) electrons. The van der Waals surface area contributed by atoms with E-state index >= 15 is 0 Å². The predicted molar refractivity (Wildman–Crippen MR) is 233 cm³/mol. The quantitative estimate of drug-likeness (QED) is 0.0301.